The zero-order valence-electron chi connectivity index (χ0n) is 16.8. The molecule has 4 heterocycles. The number of ether oxygens (including phenoxy) is 3. The highest BCUT2D eigenvalue weighted by Crippen LogP contribution is 2.34. The van der Waals surface area contributed by atoms with Crippen molar-refractivity contribution in [2.75, 3.05) is 13.2 Å². The van der Waals surface area contributed by atoms with E-state index in [0.717, 1.165) is 29.3 Å². The van der Waals surface area contributed by atoms with Crippen LogP contribution in [0.3, 0.4) is 0 Å². The molecule has 2 aliphatic rings. The third kappa shape index (κ3) is 4.29. The maximum Gasteiger partial charge on any atom is 0.410 e. The molecule has 2 saturated heterocycles. The summed E-state index contributed by atoms with van der Waals surface area (Å²) in [6, 6.07) is 15.0. The van der Waals surface area contributed by atoms with E-state index in [2.05, 4.69) is 9.97 Å². The molecule has 0 N–H and O–H groups in total. The van der Waals surface area contributed by atoms with Crippen LogP contribution in [0.2, 0.25) is 5.15 Å². The molecule has 8 heteroatoms. The molecule has 2 aliphatic heterocycles. The van der Waals surface area contributed by atoms with Crippen LogP contribution in [0.5, 0.6) is 5.88 Å². The molecule has 2 aromatic heterocycles. The Morgan fingerprint density at radius 3 is 2.97 bits per heavy atom. The Kier molecular flexibility index (Phi) is 5.61. The Labute approximate surface area is 184 Å². The second kappa shape index (κ2) is 8.69. The van der Waals surface area contributed by atoms with Gasteiger partial charge < -0.3 is 19.1 Å². The predicted molar refractivity (Wildman–Crippen MR) is 115 cm³/mol. The van der Waals surface area contributed by atoms with Gasteiger partial charge in [0.1, 0.15) is 24.5 Å². The zero-order valence-corrected chi connectivity index (χ0v) is 17.6. The maximum absolute atomic E-state index is 12.8. The van der Waals surface area contributed by atoms with E-state index in [0.29, 0.717) is 17.6 Å². The summed E-state index contributed by atoms with van der Waals surface area (Å²) in [6.45, 7) is 1.13. The molecular weight excluding hydrogens is 418 g/mol. The smallest absolute Gasteiger partial charge is 0.410 e. The summed E-state index contributed by atoms with van der Waals surface area (Å²) in [5, 5.41) is 1.10. The Bertz CT molecular complexity index is 1080. The van der Waals surface area contributed by atoms with Crippen LogP contribution in [-0.4, -0.2) is 52.4 Å². The lowest BCUT2D eigenvalue weighted by Crippen LogP contribution is -2.48. The van der Waals surface area contributed by atoms with Gasteiger partial charge in [-0.15, -0.1) is 0 Å². The van der Waals surface area contributed by atoms with E-state index >= 15 is 0 Å². The number of piperidine rings is 1. The van der Waals surface area contributed by atoms with Crippen LogP contribution < -0.4 is 4.74 Å². The zero-order chi connectivity index (χ0) is 21.2. The molecule has 0 aliphatic carbocycles. The van der Waals surface area contributed by atoms with Gasteiger partial charge in [0.15, 0.2) is 0 Å². The van der Waals surface area contributed by atoms with Gasteiger partial charge in [-0.05, 0) is 30.5 Å². The molecular formula is C23H22ClN3O4. The SMILES string of the molecule is O=C(OCc1ccccc1)N1CC[C@@H]2C[C@H]1[C@@H](COc1nc(Cl)cc3ncccc13)O2. The lowest BCUT2D eigenvalue weighted by atomic mass is 10.0. The molecule has 1 amide bonds. The first-order valence-corrected chi connectivity index (χ1v) is 10.7. The number of amides is 1. The normalized spacial score (nSPS) is 22.5. The fraction of sp³-hybridized carbons (Fsp3) is 0.348. The van der Waals surface area contributed by atoms with Gasteiger partial charge in [-0.2, -0.15) is 0 Å². The van der Waals surface area contributed by atoms with Crippen molar-refractivity contribution in [3.63, 3.8) is 0 Å². The molecule has 0 saturated carbocycles. The summed E-state index contributed by atoms with van der Waals surface area (Å²) in [4.78, 5) is 23.2. The lowest BCUT2D eigenvalue weighted by molar-refractivity contribution is 0.0131. The first kappa shape index (κ1) is 20.0. The van der Waals surface area contributed by atoms with Crippen LogP contribution in [0.4, 0.5) is 4.79 Å². The van der Waals surface area contributed by atoms with Gasteiger partial charge in [-0.3, -0.25) is 4.98 Å². The summed E-state index contributed by atoms with van der Waals surface area (Å²) < 4.78 is 17.7. The number of likely N-dealkylation sites (tertiary alicyclic amines) is 1. The van der Waals surface area contributed by atoms with E-state index in [1.807, 2.05) is 42.5 Å². The number of aromatic nitrogens is 2. The Balaban J connectivity index is 1.26. The fourth-order valence-electron chi connectivity index (χ4n) is 4.24. The predicted octanol–water partition coefficient (Wildman–Crippen LogP) is 4.23. The second-order valence-electron chi connectivity index (χ2n) is 7.75. The first-order chi connectivity index (χ1) is 15.2. The standard InChI is InChI=1S/C23H22ClN3O4/c24-21-12-18-17(7-4-9-25-18)22(26-21)29-14-20-19-11-16(31-20)8-10-27(19)23(28)30-13-15-5-2-1-3-6-15/h1-7,9,12,16,19-20H,8,10-11,13-14H2/t16-,19+,20-/m1/s1. The molecule has 3 aromatic rings. The van der Waals surface area contributed by atoms with Crippen molar-refractivity contribution in [1.82, 2.24) is 14.9 Å². The second-order valence-corrected chi connectivity index (χ2v) is 8.14. The fourth-order valence-corrected chi connectivity index (χ4v) is 4.42. The van der Waals surface area contributed by atoms with Crippen molar-refractivity contribution in [1.29, 1.82) is 0 Å². The summed E-state index contributed by atoms with van der Waals surface area (Å²) in [5.41, 5.74) is 1.68. The Hall–Kier alpha value is -2.90. The summed E-state index contributed by atoms with van der Waals surface area (Å²) in [5.74, 6) is 0.416. The number of rotatable bonds is 5. The molecule has 2 fully saturated rings. The minimum Gasteiger partial charge on any atom is -0.474 e. The van der Waals surface area contributed by atoms with Gasteiger partial charge in [0.05, 0.1) is 23.0 Å². The molecule has 3 atom stereocenters. The first-order valence-electron chi connectivity index (χ1n) is 10.3. The maximum atomic E-state index is 12.8. The van der Waals surface area contributed by atoms with Gasteiger partial charge >= 0.3 is 6.09 Å². The highest BCUT2D eigenvalue weighted by molar-refractivity contribution is 6.30. The number of halogens is 1. The van der Waals surface area contributed by atoms with Crippen molar-refractivity contribution < 1.29 is 19.0 Å². The third-order valence-electron chi connectivity index (χ3n) is 5.75. The largest absolute Gasteiger partial charge is 0.474 e. The minimum atomic E-state index is -0.321. The van der Waals surface area contributed by atoms with Crippen LogP contribution >= 0.6 is 11.6 Å². The monoisotopic (exact) mass is 439 g/mol. The topological polar surface area (TPSA) is 73.8 Å². The van der Waals surface area contributed by atoms with E-state index in [9.17, 15) is 4.79 Å². The van der Waals surface area contributed by atoms with Crippen molar-refractivity contribution in [2.24, 2.45) is 0 Å². The van der Waals surface area contributed by atoms with Gasteiger partial charge in [-0.1, -0.05) is 41.9 Å². The van der Waals surface area contributed by atoms with Crippen molar-refractivity contribution in [3.05, 3.63) is 65.4 Å². The van der Waals surface area contributed by atoms with Crippen LogP contribution in [0.1, 0.15) is 18.4 Å². The van der Waals surface area contributed by atoms with Gasteiger partial charge in [0.2, 0.25) is 5.88 Å². The van der Waals surface area contributed by atoms with Gasteiger partial charge in [-0.25, -0.2) is 9.78 Å². The number of nitrogens with zero attached hydrogens (tertiary/aromatic N) is 3. The molecule has 31 heavy (non-hydrogen) atoms. The molecule has 0 spiro atoms. The van der Waals surface area contributed by atoms with Crippen LogP contribution in [0.15, 0.2) is 54.7 Å². The average molecular weight is 440 g/mol. The number of hydrogen-bond donors (Lipinski definition) is 0. The van der Waals surface area contributed by atoms with Crippen LogP contribution in [-0.2, 0) is 16.1 Å². The van der Waals surface area contributed by atoms with Gasteiger partial charge in [0, 0.05) is 18.8 Å². The Morgan fingerprint density at radius 1 is 1.23 bits per heavy atom. The lowest BCUT2D eigenvalue weighted by Gasteiger charge is -2.32. The van der Waals surface area contributed by atoms with E-state index < -0.39 is 0 Å². The number of carbonyl (C=O) groups excluding carboxylic acids is 1. The Morgan fingerprint density at radius 2 is 2.10 bits per heavy atom. The molecule has 1 aromatic carbocycles. The van der Waals surface area contributed by atoms with E-state index in [1.54, 1.807) is 17.2 Å². The summed E-state index contributed by atoms with van der Waals surface area (Å²) in [7, 11) is 0. The van der Waals surface area contributed by atoms with E-state index in [4.69, 9.17) is 25.8 Å². The molecule has 160 valence electrons. The van der Waals surface area contributed by atoms with Crippen molar-refractivity contribution >= 4 is 28.6 Å². The molecule has 0 unspecified atom stereocenters. The number of hydrogen-bond acceptors (Lipinski definition) is 6. The summed E-state index contributed by atoms with van der Waals surface area (Å²) in [6.07, 6.45) is 2.81. The number of benzene rings is 1. The highest BCUT2D eigenvalue weighted by atomic mass is 35.5. The van der Waals surface area contributed by atoms with Gasteiger partial charge in [0.25, 0.3) is 0 Å². The molecule has 5 rings (SSSR count). The number of fused-ring (bicyclic) bond motifs is 3. The van der Waals surface area contributed by atoms with E-state index in [1.165, 1.54) is 0 Å². The number of pyridine rings is 2. The molecule has 7 nitrogen and oxygen atoms in total. The van der Waals surface area contributed by atoms with Crippen LogP contribution in [0, 0.1) is 0 Å². The molecule has 0 radical (unpaired) electrons. The van der Waals surface area contributed by atoms with Crippen molar-refractivity contribution in [2.45, 2.75) is 37.7 Å². The highest BCUT2D eigenvalue weighted by Gasteiger charge is 2.45. The quantitative estimate of drug-likeness (QED) is 0.554. The van der Waals surface area contributed by atoms with Crippen LogP contribution in [0.25, 0.3) is 10.9 Å². The minimum absolute atomic E-state index is 0.0920. The van der Waals surface area contributed by atoms with Crippen molar-refractivity contribution in [3.8, 4) is 5.88 Å². The average Bonchev–Trinajstić information content (AvgIpc) is 3.11. The summed E-state index contributed by atoms with van der Waals surface area (Å²) >= 11 is 6.13. The van der Waals surface area contributed by atoms with E-state index in [-0.39, 0.29) is 37.6 Å². The molecule has 2 bridgehead atoms. The number of carbonyl (C=O) groups is 1. The third-order valence-corrected chi connectivity index (χ3v) is 5.94.